The van der Waals surface area contributed by atoms with Crippen molar-refractivity contribution in [1.29, 1.82) is 0 Å². The minimum atomic E-state index is -0.206. The molecule has 148 valence electrons. The van der Waals surface area contributed by atoms with Gasteiger partial charge in [0.25, 0.3) is 5.91 Å². The highest BCUT2D eigenvalue weighted by molar-refractivity contribution is 5.95. The molecule has 1 N–H and O–H groups in total. The van der Waals surface area contributed by atoms with Crippen LogP contribution in [0.2, 0.25) is 0 Å². The molecule has 7 nitrogen and oxygen atoms in total. The third-order valence-electron chi connectivity index (χ3n) is 4.93. The molecule has 0 saturated carbocycles. The van der Waals surface area contributed by atoms with Crippen LogP contribution in [0.5, 0.6) is 0 Å². The highest BCUT2D eigenvalue weighted by Crippen LogP contribution is 2.18. The first-order valence-electron chi connectivity index (χ1n) is 9.40. The van der Waals surface area contributed by atoms with Crippen molar-refractivity contribution in [1.82, 2.24) is 24.6 Å². The molecule has 2 aromatic heterocycles. The van der Waals surface area contributed by atoms with E-state index in [1.807, 2.05) is 61.0 Å². The highest BCUT2D eigenvalue weighted by Gasteiger charge is 2.19. The lowest BCUT2D eigenvalue weighted by atomic mass is 10.2. The molecule has 0 unspecified atom stereocenters. The van der Waals surface area contributed by atoms with Crippen LogP contribution in [-0.4, -0.2) is 32.3 Å². The number of hydrogen-bond acceptors (Lipinski definition) is 4. The van der Waals surface area contributed by atoms with Gasteiger partial charge in [-0.3, -0.25) is 4.79 Å². The smallest absolute Gasteiger partial charge is 0.255 e. The summed E-state index contributed by atoms with van der Waals surface area (Å²) in [5, 5.41) is 7.36. The zero-order chi connectivity index (χ0) is 20.4. The number of fused-ring (bicyclic) bond motifs is 1. The lowest BCUT2D eigenvalue weighted by Gasteiger charge is -2.09. The van der Waals surface area contributed by atoms with Gasteiger partial charge >= 0.3 is 0 Å². The summed E-state index contributed by atoms with van der Waals surface area (Å²) in [4.78, 5) is 17.5. The van der Waals surface area contributed by atoms with Crippen LogP contribution in [0, 0.1) is 6.92 Å². The Morgan fingerprint density at radius 3 is 2.72 bits per heavy atom. The van der Waals surface area contributed by atoms with Crippen molar-refractivity contribution in [3.63, 3.8) is 0 Å². The summed E-state index contributed by atoms with van der Waals surface area (Å²) in [6, 6.07) is 15.8. The maximum atomic E-state index is 12.9. The molecule has 0 saturated heterocycles. The molecule has 0 aliphatic heterocycles. The summed E-state index contributed by atoms with van der Waals surface area (Å²) in [6.45, 7) is 2.65. The van der Waals surface area contributed by atoms with Gasteiger partial charge in [0.15, 0.2) is 0 Å². The van der Waals surface area contributed by atoms with Crippen LogP contribution >= 0.6 is 0 Å². The zero-order valence-electron chi connectivity index (χ0n) is 16.7. The molecule has 0 fully saturated rings. The van der Waals surface area contributed by atoms with Gasteiger partial charge in [0.2, 0.25) is 0 Å². The molecular weight excluding hydrogens is 366 g/mol. The zero-order valence-corrected chi connectivity index (χ0v) is 16.7. The van der Waals surface area contributed by atoms with Crippen LogP contribution in [0.15, 0.2) is 54.7 Å². The topological polar surface area (TPSA) is 74.0 Å². The van der Waals surface area contributed by atoms with Crippen molar-refractivity contribution >= 4 is 16.9 Å². The standard InChI is InChI=1S/C22H23N5O2/c1-15-9-10-19-18(11-15)25-21(26(19)2)13-23-22(28)17-12-24-27(20(17)14-29-3)16-7-5-4-6-8-16/h4-12H,13-14H2,1-3H3,(H,23,28). The molecule has 4 rings (SSSR count). The second kappa shape index (κ2) is 7.89. The summed E-state index contributed by atoms with van der Waals surface area (Å²) in [5.41, 5.74) is 5.20. The molecular formula is C22H23N5O2. The molecule has 2 heterocycles. The van der Waals surface area contributed by atoms with Gasteiger partial charge in [-0.25, -0.2) is 9.67 Å². The molecule has 0 atom stereocenters. The summed E-state index contributed by atoms with van der Waals surface area (Å²) < 4.78 is 9.05. The molecule has 0 spiro atoms. The van der Waals surface area contributed by atoms with Gasteiger partial charge in [-0.05, 0) is 36.8 Å². The number of benzene rings is 2. The third-order valence-corrected chi connectivity index (χ3v) is 4.93. The molecule has 0 radical (unpaired) electrons. The molecule has 0 aliphatic carbocycles. The Morgan fingerprint density at radius 1 is 1.17 bits per heavy atom. The maximum Gasteiger partial charge on any atom is 0.255 e. The quantitative estimate of drug-likeness (QED) is 0.550. The Morgan fingerprint density at radius 2 is 1.97 bits per heavy atom. The number of aromatic nitrogens is 4. The number of methoxy groups -OCH3 is 1. The van der Waals surface area contributed by atoms with E-state index in [0.717, 1.165) is 28.1 Å². The van der Waals surface area contributed by atoms with Crippen LogP contribution in [-0.2, 0) is 24.9 Å². The second-order valence-corrected chi connectivity index (χ2v) is 6.95. The number of amides is 1. The number of hydrogen-bond donors (Lipinski definition) is 1. The van der Waals surface area contributed by atoms with Crippen molar-refractivity contribution in [3.05, 3.63) is 77.4 Å². The van der Waals surface area contributed by atoms with Gasteiger partial charge in [0.05, 0.1) is 47.3 Å². The summed E-state index contributed by atoms with van der Waals surface area (Å²) in [5.74, 6) is 0.588. The van der Waals surface area contributed by atoms with Crippen molar-refractivity contribution in [2.24, 2.45) is 7.05 Å². The van der Waals surface area contributed by atoms with E-state index in [1.54, 1.807) is 18.0 Å². The maximum absolute atomic E-state index is 12.9. The first kappa shape index (κ1) is 18.9. The van der Waals surface area contributed by atoms with Crippen LogP contribution in [0.25, 0.3) is 16.7 Å². The van der Waals surface area contributed by atoms with E-state index in [1.165, 1.54) is 0 Å². The van der Waals surface area contributed by atoms with Gasteiger partial charge in [0, 0.05) is 14.2 Å². The number of rotatable bonds is 6. The molecule has 4 aromatic rings. The van der Waals surface area contributed by atoms with Crippen LogP contribution in [0.3, 0.4) is 0 Å². The summed E-state index contributed by atoms with van der Waals surface area (Å²) >= 11 is 0. The molecule has 29 heavy (non-hydrogen) atoms. The van der Waals surface area contributed by atoms with E-state index in [0.29, 0.717) is 17.8 Å². The lowest BCUT2D eigenvalue weighted by Crippen LogP contribution is -2.25. The Kier molecular flexibility index (Phi) is 5.14. The van der Waals surface area contributed by atoms with Crippen molar-refractivity contribution in [2.45, 2.75) is 20.1 Å². The SMILES string of the molecule is COCc1c(C(=O)NCc2nc3cc(C)ccc3n2C)cnn1-c1ccccc1. The summed E-state index contributed by atoms with van der Waals surface area (Å²) in [6.07, 6.45) is 1.58. The average molecular weight is 389 g/mol. The normalized spacial score (nSPS) is 11.1. The van der Waals surface area contributed by atoms with E-state index in [-0.39, 0.29) is 12.5 Å². The molecule has 0 bridgehead atoms. The first-order valence-corrected chi connectivity index (χ1v) is 9.40. The molecule has 7 heteroatoms. The first-order chi connectivity index (χ1) is 14.1. The Labute approximate surface area is 168 Å². The van der Waals surface area contributed by atoms with E-state index < -0.39 is 0 Å². The number of carbonyl (C=O) groups excluding carboxylic acids is 1. The minimum Gasteiger partial charge on any atom is -0.378 e. The fourth-order valence-corrected chi connectivity index (χ4v) is 3.40. The van der Waals surface area contributed by atoms with Gasteiger partial charge in [0.1, 0.15) is 5.82 Å². The van der Waals surface area contributed by atoms with Gasteiger partial charge in [-0.2, -0.15) is 5.10 Å². The Balaban J connectivity index is 1.58. The minimum absolute atomic E-state index is 0.206. The van der Waals surface area contributed by atoms with Gasteiger partial charge in [-0.15, -0.1) is 0 Å². The second-order valence-electron chi connectivity index (χ2n) is 6.95. The van der Waals surface area contributed by atoms with E-state index in [4.69, 9.17) is 4.74 Å². The largest absolute Gasteiger partial charge is 0.378 e. The number of nitrogens with zero attached hydrogens (tertiary/aromatic N) is 4. The predicted molar refractivity (Wildman–Crippen MR) is 111 cm³/mol. The Bertz CT molecular complexity index is 1160. The van der Waals surface area contributed by atoms with Crippen LogP contribution in [0.1, 0.15) is 27.4 Å². The van der Waals surface area contributed by atoms with E-state index in [2.05, 4.69) is 21.5 Å². The number of aryl methyl sites for hydroxylation is 2. The van der Waals surface area contributed by atoms with Gasteiger partial charge < -0.3 is 14.6 Å². The lowest BCUT2D eigenvalue weighted by molar-refractivity contribution is 0.0944. The van der Waals surface area contributed by atoms with Gasteiger partial charge in [-0.1, -0.05) is 24.3 Å². The number of imidazole rings is 1. The van der Waals surface area contributed by atoms with Crippen LogP contribution in [0.4, 0.5) is 0 Å². The fraction of sp³-hybridized carbons (Fsp3) is 0.227. The number of carbonyl (C=O) groups is 1. The van der Waals surface area contributed by atoms with Crippen LogP contribution < -0.4 is 5.32 Å². The number of nitrogens with one attached hydrogen (secondary N) is 1. The Hall–Kier alpha value is -3.45. The molecule has 0 aliphatic rings. The van der Waals surface area contributed by atoms with Crippen molar-refractivity contribution in [3.8, 4) is 5.69 Å². The van der Waals surface area contributed by atoms with Crippen molar-refractivity contribution in [2.75, 3.05) is 7.11 Å². The third kappa shape index (κ3) is 3.64. The predicted octanol–water partition coefficient (Wildman–Crippen LogP) is 3.14. The van der Waals surface area contributed by atoms with E-state index >= 15 is 0 Å². The molecule has 1 amide bonds. The molecule has 2 aromatic carbocycles. The van der Waals surface area contributed by atoms with Crippen molar-refractivity contribution < 1.29 is 9.53 Å². The summed E-state index contributed by atoms with van der Waals surface area (Å²) in [7, 11) is 3.56. The fourth-order valence-electron chi connectivity index (χ4n) is 3.40. The number of ether oxygens (including phenoxy) is 1. The monoisotopic (exact) mass is 389 g/mol. The van der Waals surface area contributed by atoms with E-state index in [9.17, 15) is 4.79 Å². The number of para-hydroxylation sites is 1. The average Bonchev–Trinajstić information content (AvgIpc) is 3.28. The highest BCUT2D eigenvalue weighted by atomic mass is 16.5.